The van der Waals surface area contributed by atoms with Gasteiger partial charge >= 0.3 is 0 Å². The summed E-state index contributed by atoms with van der Waals surface area (Å²) in [6, 6.07) is 0.160. The molecule has 0 saturated heterocycles. The van der Waals surface area contributed by atoms with Crippen LogP contribution in [0.1, 0.15) is 37.8 Å². The molecule has 1 unspecified atom stereocenters. The molecule has 0 saturated carbocycles. The van der Waals surface area contributed by atoms with E-state index in [4.69, 9.17) is 18.0 Å². The second-order valence-electron chi connectivity index (χ2n) is 3.91. The van der Waals surface area contributed by atoms with E-state index < -0.39 is 0 Å². The number of imidazole rings is 1. The summed E-state index contributed by atoms with van der Waals surface area (Å²) in [6.07, 6.45) is 12.0. The fraction of sp³-hybridized carbons (Fsp3) is 0.357. The third-order valence-electron chi connectivity index (χ3n) is 2.74. The van der Waals surface area contributed by atoms with Crippen molar-refractivity contribution in [2.45, 2.75) is 26.3 Å². The molecule has 0 aliphatic carbocycles. The first-order valence-electron chi connectivity index (χ1n) is 5.80. The zero-order valence-corrected chi connectivity index (χ0v) is 11.7. The number of terminal acetylenes is 1. The predicted octanol–water partition coefficient (Wildman–Crippen LogP) is 3.24. The Balaban J connectivity index is 2.95. The number of hydrogen-bond donors (Lipinski definition) is 2. The van der Waals surface area contributed by atoms with E-state index in [2.05, 4.69) is 27.3 Å². The molecule has 1 aromatic rings. The Morgan fingerprint density at radius 2 is 2.44 bits per heavy atom. The van der Waals surface area contributed by atoms with E-state index in [1.165, 1.54) is 0 Å². The van der Waals surface area contributed by atoms with Gasteiger partial charge in [0.1, 0.15) is 5.82 Å². The zero-order chi connectivity index (χ0) is 13.5. The first kappa shape index (κ1) is 14.6. The molecule has 4 heteroatoms. The first-order valence-corrected chi connectivity index (χ1v) is 6.18. The highest BCUT2D eigenvalue weighted by molar-refractivity contribution is 6.35. The molecule has 0 aromatic carbocycles. The largest absolute Gasteiger partial charge is 0.341 e. The molecule has 0 bridgehead atoms. The van der Waals surface area contributed by atoms with Gasteiger partial charge in [-0.25, -0.2) is 4.98 Å². The van der Waals surface area contributed by atoms with Gasteiger partial charge in [-0.3, -0.25) is 0 Å². The van der Waals surface area contributed by atoms with E-state index in [0.717, 1.165) is 23.5 Å². The van der Waals surface area contributed by atoms with Gasteiger partial charge in [0, 0.05) is 5.57 Å². The highest BCUT2D eigenvalue weighted by atomic mass is 35.5. The number of hydrogen-bond acceptors (Lipinski definition) is 2. The van der Waals surface area contributed by atoms with Crippen LogP contribution in [0.15, 0.2) is 23.4 Å². The summed E-state index contributed by atoms with van der Waals surface area (Å²) in [6.45, 7) is 3.87. The Kier molecular flexibility index (Phi) is 5.70. The van der Waals surface area contributed by atoms with E-state index in [-0.39, 0.29) is 6.04 Å². The molecule has 1 heterocycles. The number of H-pyrrole nitrogens is 1. The molecule has 0 spiro atoms. The molecule has 3 nitrogen and oxygen atoms in total. The summed E-state index contributed by atoms with van der Waals surface area (Å²) in [4.78, 5) is 7.61. The standard InChI is InChI=1S/C14H18ClN3/c1-5-7-8-12(16-4)14-17-9-13(18-14)10(3)11(15)6-2/h2,5,7,9,12,16H,8H2,1,3-4H3,(H,17,18)/b7-5+,11-10-. The fourth-order valence-corrected chi connectivity index (χ4v) is 1.67. The summed E-state index contributed by atoms with van der Waals surface area (Å²) in [5, 5.41) is 3.62. The summed E-state index contributed by atoms with van der Waals surface area (Å²) in [7, 11) is 1.91. The average Bonchev–Trinajstić information content (AvgIpc) is 2.87. The SMILES string of the molecule is C#C/C(Cl)=C(\C)c1cnc(C(C/C=C/C)NC)[nH]1. The maximum Gasteiger partial charge on any atom is 0.124 e. The molecule has 1 aromatic heterocycles. The number of halogens is 1. The van der Waals surface area contributed by atoms with E-state index >= 15 is 0 Å². The monoisotopic (exact) mass is 263 g/mol. The molecule has 0 aliphatic rings. The van der Waals surface area contributed by atoms with Crippen molar-refractivity contribution in [3.63, 3.8) is 0 Å². The number of rotatable bonds is 5. The van der Waals surface area contributed by atoms with Gasteiger partial charge < -0.3 is 10.3 Å². The van der Waals surface area contributed by atoms with Gasteiger partial charge in [-0.05, 0) is 27.3 Å². The van der Waals surface area contributed by atoms with Crippen LogP contribution in [0.5, 0.6) is 0 Å². The summed E-state index contributed by atoms with van der Waals surface area (Å²) >= 11 is 5.93. The topological polar surface area (TPSA) is 40.7 Å². The van der Waals surface area contributed by atoms with Crippen LogP contribution in [0.3, 0.4) is 0 Å². The smallest absolute Gasteiger partial charge is 0.124 e. The van der Waals surface area contributed by atoms with Gasteiger partial charge in [-0.2, -0.15) is 0 Å². The van der Waals surface area contributed by atoms with Crippen molar-refractivity contribution in [2.24, 2.45) is 0 Å². The van der Waals surface area contributed by atoms with Crippen molar-refractivity contribution in [1.29, 1.82) is 0 Å². The van der Waals surface area contributed by atoms with Crippen LogP contribution in [0.4, 0.5) is 0 Å². The number of allylic oxidation sites excluding steroid dienone is 3. The van der Waals surface area contributed by atoms with Crippen molar-refractivity contribution < 1.29 is 0 Å². The van der Waals surface area contributed by atoms with Crippen molar-refractivity contribution in [1.82, 2.24) is 15.3 Å². The van der Waals surface area contributed by atoms with Crippen molar-refractivity contribution in [2.75, 3.05) is 7.05 Å². The molecule has 2 N–H and O–H groups in total. The second kappa shape index (κ2) is 7.05. The first-order chi connectivity index (χ1) is 8.63. The van der Waals surface area contributed by atoms with E-state index in [1.54, 1.807) is 6.20 Å². The van der Waals surface area contributed by atoms with Gasteiger partial charge in [-0.15, -0.1) is 6.42 Å². The van der Waals surface area contributed by atoms with Crippen LogP contribution < -0.4 is 5.32 Å². The van der Waals surface area contributed by atoms with Gasteiger partial charge in [0.2, 0.25) is 0 Å². The Hall–Kier alpha value is -1.50. The molecule has 96 valence electrons. The maximum absolute atomic E-state index is 5.93. The van der Waals surface area contributed by atoms with Gasteiger partial charge in [0.05, 0.1) is 23.0 Å². The fourth-order valence-electron chi connectivity index (χ4n) is 1.57. The van der Waals surface area contributed by atoms with Crippen molar-refractivity contribution in [3.8, 4) is 12.3 Å². The molecule has 1 rings (SSSR count). The van der Waals surface area contributed by atoms with Gasteiger partial charge in [0.15, 0.2) is 0 Å². The number of nitrogens with one attached hydrogen (secondary N) is 2. The van der Waals surface area contributed by atoms with E-state index in [1.807, 2.05) is 27.0 Å². The molecule has 1 atom stereocenters. The minimum Gasteiger partial charge on any atom is -0.341 e. The Morgan fingerprint density at radius 3 is 3.00 bits per heavy atom. The molecule has 0 fully saturated rings. The summed E-state index contributed by atoms with van der Waals surface area (Å²) in [5.41, 5.74) is 1.69. The third kappa shape index (κ3) is 3.49. The normalized spacial score (nSPS) is 14.4. The molecule has 18 heavy (non-hydrogen) atoms. The molecule has 0 radical (unpaired) electrons. The number of nitrogens with zero attached hydrogens (tertiary/aromatic N) is 1. The van der Waals surface area contributed by atoms with Crippen LogP contribution in [-0.2, 0) is 0 Å². The highest BCUT2D eigenvalue weighted by Crippen LogP contribution is 2.21. The van der Waals surface area contributed by atoms with E-state index in [9.17, 15) is 0 Å². The van der Waals surface area contributed by atoms with Crippen LogP contribution in [0, 0.1) is 12.3 Å². The average molecular weight is 264 g/mol. The van der Waals surface area contributed by atoms with Crippen molar-refractivity contribution >= 4 is 17.2 Å². The lowest BCUT2D eigenvalue weighted by Crippen LogP contribution is -2.17. The predicted molar refractivity (Wildman–Crippen MR) is 77.1 cm³/mol. The zero-order valence-electron chi connectivity index (χ0n) is 10.9. The minimum atomic E-state index is 0.160. The third-order valence-corrected chi connectivity index (χ3v) is 3.13. The molecular weight excluding hydrogens is 246 g/mol. The van der Waals surface area contributed by atoms with Crippen LogP contribution in [0.25, 0.3) is 5.57 Å². The molecule has 0 amide bonds. The van der Waals surface area contributed by atoms with Crippen LogP contribution in [-0.4, -0.2) is 17.0 Å². The Labute approximate surface area is 113 Å². The van der Waals surface area contributed by atoms with Gasteiger partial charge in [0.25, 0.3) is 0 Å². The maximum atomic E-state index is 5.93. The summed E-state index contributed by atoms with van der Waals surface area (Å²) in [5.74, 6) is 3.30. The lowest BCUT2D eigenvalue weighted by molar-refractivity contribution is 0.573. The highest BCUT2D eigenvalue weighted by Gasteiger charge is 2.12. The Bertz CT molecular complexity index is 491. The number of aromatic nitrogens is 2. The summed E-state index contributed by atoms with van der Waals surface area (Å²) < 4.78 is 0. The Morgan fingerprint density at radius 1 is 1.72 bits per heavy atom. The van der Waals surface area contributed by atoms with Gasteiger partial charge in [-0.1, -0.05) is 29.7 Å². The lowest BCUT2D eigenvalue weighted by atomic mass is 10.2. The lowest BCUT2D eigenvalue weighted by Gasteiger charge is -2.10. The minimum absolute atomic E-state index is 0.160. The molecule has 0 aliphatic heterocycles. The quantitative estimate of drug-likeness (QED) is 0.633. The molecular formula is C14H18ClN3. The van der Waals surface area contributed by atoms with Crippen LogP contribution in [0.2, 0.25) is 0 Å². The van der Waals surface area contributed by atoms with E-state index in [0.29, 0.717) is 5.03 Å². The second-order valence-corrected chi connectivity index (χ2v) is 4.29. The number of aromatic amines is 1. The van der Waals surface area contributed by atoms with Crippen molar-refractivity contribution in [3.05, 3.63) is 34.9 Å². The van der Waals surface area contributed by atoms with Crippen LogP contribution >= 0.6 is 11.6 Å².